The molecule has 0 aromatic heterocycles. The van der Waals surface area contributed by atoms with E-state index in [1.807, 2.05) is 13.8 Å². The highest BCUT2D eigenvalue weighted by Gasteiger charge is 2.19. The third-order valence-corrected chi connectivity index (χ3v) is 2.86. The summed E-state index contributed by atoms with van der Waals surface area (Å²) in [5, 5.41) is 5.45. The van der Waals surface area contributed by atoms with E-state index in [9.17, 15) is 13.6 Å². The van der Waals surface area contributed by atoms with E-state index in [4.69, 9.17) is 0 Å². The van der Waals surface area contributed by atoms with E-state index in [1.54, 1.807) is 7.05 Å². The number of rotatable bonds is 6. The lowest BCUT2D eigenvalue weighted by Gasteiger charge is -2.19. The van der Waals surface area contributed by atoms with Gasteiger partial charge in [-0.3, -0.25) is 4.79 Å². The zero-order valence-electron chi connectivity index (χ0n) is 11.5. The van der Waals surface area contributed by atoms with Crippen molar-refractivity contribution in [3.05, 3.63) is 35.4 Å². The Bertz CT molecular complexity index is 415. The van der Waals surface area contributed by atoms with E-state index in [1.165, 1.54) is 18.2 Å². The highest BCUT2D eigenvalue weighted by molar-refractivity contribution is 5.81. The summed E-state index contributed by atoms with van der Waals surface area (Å²) < 4.78 is 26.9. The van der Waals surface area contributed by atoms with Crippen molar-refractivity contribution < 1.29 is 13.6 Å². The first-order valence-electron chi connectivity index (χ1n) is 6.33. The summed E-state index contributed by atoms with van der Waals surface area (Å²) in [4.78, 5) is 11.7. The zero-order chi connectivity index (χ0) is 14.4. The zero-order valence-corrected chi connectivity index (χ0v) is 11.5. The topological polar surface area (TPSA) is 41.1 Å². The van der Waals surface area contributed by atoms with Gasteiger partial charge in [0.15, 0.2) is 0 Å². The van der Waals surface area contributed by atoms with Crippen LogP contribution in [0.15, 0.2) is 18.2 Å². The normalized spacial score (nSPS) is 12.5. The van der Waals surface area contributed by atoms with Crippen LogP contribution in [0.3, 0.4) is 0 Å². The van der Waals surface area contributed by atoms with Crippen molar-refractivity contribution in [3.63, 3.8) is 0 Å². The van der Waals surface area contributed by atoms with Crippen LogP contribution in [-0.2, 0) is 11.3 Å². The minimum absolute atomic E-state index is 0.0106. The second kappa shape index (κ2) is 7.19. The monoisotopic (exact) mass is 270 g/mol. The van der Waals surface area contributed by atoms with Crippen molar-refractivity contribution in [1.82, 2.24) is 10.6 Å². The van der Waals surface area contributed by atoms with E-state index in [2.05, 4.69) is 10.6 Å². The highest BCUT2D eigenvalue weighted by atomic mass is 19.1. The summed E-state index contributed by atoms with van der Waals surface area (Å²) in [6.07, 6.45) is 0.607. The number of hydrogen-bond donors (Lipinski definition) is 2. The van der Waals surface area contributed by atoms with Crippen molar-refractivity contribution in [3.8, 4) is 0 Å². The maximum atomic E-state index is 13.5. The highest BCUT2D eigenvalue weighted by Crippen LogP contribution is 2.13. The predicted molar refractivity (Wildman–Crippen MR) is 70.5 cm³/mol. The van der Waals surface area contributed by atoms with Crippen molar-refractivity contribution in [2.75, 3.05) is 7.05 Å². The molecule has 0 radical (unpaired) electrons. The molecule has 1 atom stereocenters. The van der Waals surface area contributed by atoms with Crippen LogP contribution in [-0.4, -0.2) is 19.0 Å². The average molecular weight is 270 g/mol. The molecule has 1 rings (SSSR count). The Hall–Kier alpha value is -1.49. The molecule has 1 aromatic rings. The molecular weight excluding hydrogens is 250 g/mol. The Morgan fingerprint density at radius 3 is 2.32 bits per heavy atom. The molecule has 5 heteroatoms. The first kappa shape index (κ1) is 15.6. The van der Waals surface area contributed by atoms with Crippen LogP contribution in [0.25, 0.3) is 0 Å². The van der Waals surface area contributed by atoms with Crippen LogP contribution in [0.4, 0.5) is 8.78 Å². The smallest absolute Gasteiger partial charge is 0.236 e. The number of carbonyl (C=O) groups excluding carboxylic acids is 1. The summed E-state index contributed by atoms with van der Waals surface area (Å²) in [6.45, 7) is 3.96. The summed E-state index contributed by atoms with van der Waals surface area (Å²) in [7, 11) is 1.54. The number of halogens is 2. The fourth-order valence-electron chi connectivity index (χ4n) is 1.86. The van der Waals surface area contributed by atoms with E-state index in [0.717, 1.165) is 0 Å². The lowest BCUT2D eigenvalue weighted by atomic mass is 10.0. The molecule has 0 heterocycles. The summed E-state index contributed by atoms with van der Waals surface area (Å²) in [5.74, 6) is -1.08. The molecule has 0 aliphatic carbocycles. The van der Waals surface area contributed by atoms with E-state index < -0.39 is 17.7 Å². The second-order valence-corrected chi connectivity index (χ2v) is 4.88. The molecule has 0 aliphatic heterocycles. The fourth-order valence-corrected chi connectivity index (χ4v) is 1.86. The van der Waals surface area contributed by atoms with Gasteiger partial charge >= 0.3 is 0 Å². The third kappa shape index (κ3) is 4.59. The standard InChI is InChI=1S/C14H20F2N2O/c1-9(2)7-13(14(19)17-3)18-8-10-11(15)5-4-6-12(10)16/h4-6,9,13,18H,7-8H2,1-3H3,(H,17,19). The van der Waals surface area contributed by atoms with Gasteiger partial charge in [-0.15, -0.1) is 0 Å². The van der Waals surface area contributed by atoms with Gasteiger partial charge in [0, 0.05) is 19.2 Å². The quantitative estimate of drug-likeness (QED) is 0.832. The number of benzene rings is 1. The van der Waals surface area contributed by atoms with E-state index >= 15 is 0 Å². The average Bonchev–Trinajstić information content (AvgIpc) is 2.35. The Balaban J connectivity index is 2.73. The Morgan fingerprint density at radius 2 is 1.84 bits per heavy atom. The predicted octanol–water partition coefficient (Wildman–Crippen LogP) is 2.22. The van der Waals surface area contributed by atoms with Gasteiger partial charge in [-0.1, -0.05) is 19.9 Å². The molecule has 19 heavy (non-hydrogen) atoms. The van der Waals surface area contributed by atoms with Crippen molar-refractivity contribution in [1.29, 1.82) is 0 Å². The molecule has 0 saturated carbocycles. The van der Waals surface area contributed by atoms with Crippen LogP contribution in [0.5, 0.6) is 0 Å². The van der Waals surface area contributed by atoms with Crippen LogP contribution in [0.2, 0.25) is 0 Å². The number of hydrogen-bond acceptors (Lipinski definition) is 2. The Labute approximate surface area is 112 Å². The minimum Gasteiger partial charge on any atom is -0.358 e. The lowest BCUT2D eigenvalue weighted by Crippen LogP contribution is -2.43. The molecule has 3 nitrogen and oxygen atoms in total. The van der Waals surface area contributed by atoms with Crippen molar-refractivity contribution in [2.24, 2.45) is 5.92 Å². The number of amides is 1. The fraction of sp³-hybridized carbons (Fsp3) is 0.500. The van der Waals surface area contributed by atoms with Crippen LogP contribution in [0.1, 0.15) is 25.8 Å². The SMILES string of the molecule is CNC(=O)C(CC(C)C)NCc1c(F)cccc1F. The first-order chi connectivity index (χ1) is 8.95. The molecule has 2 N–H and O–H groups in total. The van der Waals surface area contributed by atoms with Gasteiger partial charge in [0.2, 0.25) is 5.91 Å². The van der Waals surface area contributed by atoms with Gasteiger partial charge < -0.3 is 10.6 Å². The largest absolute Gasteiger partial charge is 0.358 e. The maximum absolute atomic E-state index is 13.5. The Morgan fingerprint density at radius 1 is 1.26 bits per heavy atom. The molecular formula is C14H20F2N2O. The molecule has 0 aliphatic rings. The van der Waals surface area contributed by atoms with E-state index in [0.29, 0.717) is 12.3 Å². The molecule has 0 fully saturated rings. The lowest BCUT2D eigenvalue weighted by molar-refractivity contribution is -0.123. The number of carbonyl (C=O) groups is 1. The van der Waals surface area contributed by atoms with Crippen molar-refractivity contribution in [2.45, 2.75) is 32.9 Å². The third-order valence-electron chi connectivity index (χ3n) is 2.86. The van der Waals surface area contributed by atoms with Crippen LogP contribution in [0, 0.1) is 17.6 Å². The second-order valence-electron chi connectivity index (χ2n) is 4.88. The number of likely N-dealkylation sites (N-methyl/N-ethyl adjacent to an activating group) is 1. The van der Waals surface area contributed by atoms with E-state index in [-0.39, 0.29) is 18.0 Å². The van der Waals surface area contributed by atoms with Gasteiger partial charge in [0.05, 0.1) is 6.04 Å². The van der Waals surface area contributed by atoms with Crippen LogP contribution < -0.4 is 10.6 Å². The molecule has 0 bridgehead atoms. The molecule has 1 aromatic carbocycles. The van der Waals surface area contributed by atoms with Crippen molar-refractivity contribution >= 4 is 5.91 Å². The molecule has 0 spiro atoms. The summed E-state index contributed by atoms with van der Waals surface area (Å²) in [5.41, 5.74) is -0.0415. The van der Waals surface area contributed by atoms with Crippen LogP contribution >= 0.6 is 0 Å². The summed E-state index contributed by atoms with van der Waals surface area (Å²) in [6, 6.07) is 3.27. The van der Waals surface area contributed by atoms with Gasteiger partial charge in [0.25, 0.3) is 0 Å². The summed E-state index contributed by atoms with van der Waals surface area (Å²) >= 11 is 0. The van der Waals surface area contributed by atoms with Gasteiger partial charge in [0.1, 0.15) is 11.6 Å². The van der Waals surface area contributed by atoms with Gasteiger partial charge in [-0.2, -0.15) is 0 Å². The Kier molecular flexibility index (Phi) is 5.89. The number of nitrogens with one attached hydrogen (secondary N) is 2. The minimum atomic E-state index is -0.604. The van der Waals surface area contributed by atoms with Gasteiger partial charge in [-0.25, -0.2) is 8.78 Å². The maximum Gasteiger partial charge on any atom is 0.236 e. The molecule has 0 saturated heterocycles. The molecule has 1 amide bonds. The molecule has 1 unspecified atom stereocenters. The molecule has 106 valence electrons. The first-order valence-corrected chi connectivity index (χ1v) is 6.33. The van der Waals surface area contributed by atoms with Gasteiger partial charge in [-0.05, 0) is 24.5 Å².